The van der Waals surface area contributed by atoms with Crippen LogP contribution < -0.4 is 9.80 Å². The quantitative estimate of drug-likeness (QED) is 0.214. The summed E-state index contributed by atoms with van der Waals surface area (Å²) < 4.78 is 2.30. The second kappa shape index (κ2) is 10.9. The number of unbranched alkanes of at least 4 members (excludes halogenated alkanes) is 4. The summed E-state index contributed by atoms with van der Waals surface area (Å²) in [5.74, 6) is 0. The second-order valence-corrected chi connectivity index (χ2v) is 10.5. The number of halogens is 2. The highest BCUT2D eigenvalue weighted by atomic mass is 79.9. The summed E-state index contributed by atoms with van der Waals surface area (Å²) in [7, 11) is 0. The molecule has 2 nitrogen and oxygen atoms in total. The minimum atomic E-state index is 0.995. The zero-order valence-electron chi connectivity index (χ0n) is 18.8. The van der Waals surface area contributed by atoms with E-state index in [4.69, 9.17) is 0 Å². The summed E-state index contributed by atoms with van der Waals surface area (Å²) in [5.41, 5.74) is 8.51. The van der Waals surface area contributed by atoms with Crippen molar-refractivity contribution in [1.29, 1.82) is 0 Å². The van der Waals surface area contributed by atoms with E-state index < -0.39 is 0 Å². The van der Waals surface area contributed by atoms with Gasteiger partial charge in [-0.3, -0.25) is 0 Å². The van der Waals surface area contributed by atoms with Crippen molar-refractivity contribution in [2.75, 3.05) is 36.0 Å². The van der Waals surface area contributed by atoms with Crippen molar-refractivity contribution in [2.45, 2.75) is 38.5 Å². The van der Waals surface area contributed by atoms with Crippen molar-refractivity contribution in [3.63, 3.8) is 0 Å². The van der Waals surface area contributed by atoms with E-state index in [2.05, 4.69) is 91.2 Å². The summed E-state index contributed by atoms with van der Waals surface area (Å²) in [4.78, 5) is 5.13. The molecule has 0 spiro atoms. The average molecular weight is 556 g/mol. The van der Waals surface area contributed by atoms with Gasteiger partial charge in [0.2, 0.25) is 0 Å². The van der Waals surface area contributed by atoms with Crippen LogP contribution in [-0.4, -0.2) is 26.2 Å². The number of anilines is 2. The molecule has 2 aromatic carbocycles. The Labute approximate surface area is 210 Å². The monoisotopic (exact) mass is 554 g/mol. The normalized spacial score (nSPS) is 16.9. The summed E-state index contributed by atoms with van der Waals surface area (Å²) in [5, 5.41) is 0. The lowest BCUT2D eigenvalue weighted by Gasteiger charge is -2.19. The minimum absolute atomic E-state index is 0.995. The molecule has 2 heterocycles. The third-order valence-corrected chi connectivity index (χ3v) is 7.47. The van der Waals surface area contributed by atoms with Gasteiger partial charge in [-0.05, 0) is 73.9 Å². The van der Waals surface area contributed by atoms with E-state index in [-0.39, 0.29) is 0 Å². The number of fused-ring (bicyclic) bond motifs is 2. The number of hydrogen-bond donors (Lipinski definition) is 0. The number of allylic oxidation sites excluding steroid dienone is 2. The molecule has 32 heavy (non-hydrogen) atoms. The molecule has 0 saturated carbocycles. The van der Waals surface area contributed by atoms with Crippen molar-refractivity contribution < 1.29 is 0 Å². The highest BCUT2D eigenvalue weighted by molar-refractivity contribution is 9.10. The Morgan fingerprint density at radius 3 is 1.53 bits per heavy atom. The Morgan fingerprint density at radius 2 is 1.12 bits per heavy atom. The van der Waals surface area contributed by atoms with Gasteiger partial charge < -0.3 is 9.80 Å². The van der Waals surface area contributed by atoms with Crippen molar-refractivity contribution in [2.24, 2.45) is 0 Å². The first kappa shape index (κ1) is 23.4. The third kappa shape index (κ3) is 5.07. The Morgan fingerprint density at radius 1 is 0.688 bits per heavy atom. The van der Waals surface area contributed by atoms with Crippen LogP contribution >= 0.6 is 31.9 Å². The van der Waals surface area contributed by atoms with Gasteiger partial charge in [-0.1, -0.05) is 56.1 Å². The van der Waals surface area contributed by atoms with Crippen LogP contribution in [0.5, 0.6) is 0 Å². The summed E-state index contributed by atoms with van der Waals surface area (Å²) in [6.45, 7) is 11.9. The predicted molar refractivity (Wildman–Crippen MR) is 148 cm³/mol. The molecule has 168 valence electrons. The molecule has 0 saturated heterocycles. The third-order valence-electron chi connectivity index (χ3n) is 6.49. The molecule has 4 heteroatoms. The fourth-order valence-corrected chi connectivity index (χ4v) is 5.56. The van der Waals surface area contributed by atoms with Crippen molar-refractivity contribution >= 4 is 54.4 Å². The lowest BCUT2D eigenvalue weighted by atomic mass is 9.97. The largest absolute Gasteiger partial charge is 0.367 e. The highest BCUT2D eigenvalue weighted by Crippen LogP contribution is 2.46. The lowest BCUT2D eigenvalue weighted by molar-refractivity contribution is 0.721. The maximum Gasteiger partial charge on any atom is 0.0457 e. The summed E-state index contributed by atoms with van der Waals surface area (Å²) >= 11 is 7.39. The molecule has 2 aliphatic rings. The first-order valence-corrected chi connectivity index (χ1v) is 13.2. The van der Waals surface area contributed by atoms with E-state index in [9.17, 15) is 0 Å². The van der Waals surface area contributed by atoms with Gasteiger partial charge in [0.25, 0.3) is 0 Å². The highest BCUT2D eigenvalue weighted by Gasteiger charge is 2.31. The zero-order valence-corrected chi connectivity index (χ0v) is 21.9. The van der Waals surface area contributed by atoms with Crippen LogP contribution in [-0.2, 0) is 0 Å². The molecule has 0 fully saturated rings. The number of rotatable bonds is 10. The van der Waals surface area contributed by atoms with Crippen molar-refractivity contribution in [1.82, 2.24) is 0 Å². The van der Waals surface area contributed by atoms with Gasteiger partial charge in [-0.15, -0.1) is 13.2 Å². The van der Waals surface area contributed by atoms with E-state index >= 15 is 0 Å². The van der Waals surface area contributed by atoms with Gasteiger partial charge >= 0.3 is 0 Å². The van der Waals surface area contributed by atoms with Gasteiger partial charge in [-0.2, -0.15) is 0 Å². The van der Waals surface area contributed by atoms with Gasteiger partial charge in [0, 0.05) is 57.6 Å². The van der Waals surface area contributed by atoms with Crippen LogP contribution in [0.25, 0.3) is 11.1 Å². The molecular formula is C28H32Br2N2. The molecule has 0 atom stereocenters. The Balaban J connectivity index is 1.66. The van der Waals surface area contributed by atoms with E-state index in [1.807, 2.05) is 12.2 Å². The predicted octanol–water partition coefficient (Wildman–Crippen LogP) is 8.48. The van der Waals surface area contributed by atoms with Crippen LogP contribution in [0.1, 0.15) is 49.7 Å². The molecule has 0 unspecified atom stereocenters. The first-order chi connectivity index (χ1) is 15.6. The average Bonchev–Trinajstić information content (AvgIpc) is 3.32. The lowest BCUT2D eigenvalue weighted by Crippen LogP contribution is -2.23. The zero-order chi connectivity index (χ0) is 22.5. The summed E-state index contributed by atoms with van der Waals surface area (Å²) in [6, 6.07) is 13.6. The summed E-state index contributed by atoms with van der Waals surface area (Å²) in [6.07, 6.45) is 11.0. The fourth-order valence-electron chi connectivity index (χ4n) is 4.86. The minimum Gasteiger partial charge on any atom is -0.367 e. The van der Waals surface area contributed by atoms with E-state index in [1.165, 1.54) is 59.3 Å². The molecule has 2 aliphatic heterocycles. The smallest absolute Gasteiger partial charge is 0.0457 e. The molecule has 4 rings (SSSR count). The Bertz CT molecular complexity index is 943. The van der Waals surface area contributed by atoms with E-state index in [1.54, 1.807) is 0 Å². The number of benzene rings is 2. The standard InChI is InChI=1S/C28H32Br2N2/c1-3-5-7-9-15-31-19-25(23-13-11-21(29)17-27(23)31)26-20-32(16-10-8-6-4-2)28-18-22(30)12-14-24(26)28/h3-4,11-14,17-18H,1-2,5-10,15-16,19-20H2/b26-25+. The molecule has 0 N–H and O–H groups in total. The first-order valence-electron chi connectivity index (χ1n) is 11.7. The number of nitrogens with zero attached hydrogens (tertiary/aromatic N) is 2. The van der Waals surface area contributed by atoms with Crippen LogP contribution in [0.15, 0.2) is 70.7 Å². The van der Waals surface area contributed by atoms with E-state index in [0.717, 1.165) is 48.0 Å². The van der Waals surface area contributed by atoms with Crippen molar-refractivity contribution in [3.05, 3.63) is 81.8 Å². The molecule has 0 radical (unpaired) electrons. The fraction of sp³-hybridized carbons (Fsp3) is 0.357. The maximum absolute atomic E-state index is 3.87. The molecule has 0 bridgehead atoms. The second-order valence-electron chi connectivity index (χ2n) is 8.69. The van der Waals surface area contributed by atoms with Crippen molar-refractivity contribution in [3.8, 4) is 0 Å². The SMILES string of the molecule is C=CCCCCN1C/C(=C2/CN(CCCCC=C)c3cc(Br)ccc32)c2ccc(Br)cc21. The van der Waals surface area contributed by atoms with Gasteiger partial charge in [0.1, 0.15) is 0 Å². The number of hydrogen-bond acceptors (Lipinski definition) is 2. The molecule has 0 aromatic heterocycles. The van der Waals surface area contributed by atoms with Gasteiger partial charge in [0.05, 0.1) is 0 Å². The Kier molecular flexibility index (Phi) is 7.96. The van der Waals surface area contributed by atoms with Crippen LogP contribution in [0, 0.1) is 0 Å². The molecular weight excluding hydrogens is 524 g/mol. The molecule has 0 aliphatic carbocycles. The van der Waals surface area contributed by atoms with Crippen LogP contribution in [0.3, 0.4) is 0 Å². The van der Waals surface area contributed by atoms with Crippen LogP contribution in [0.4, 0.5) is 11.4 Å². The molecule has 2 aromatic rings. The topological polar surface area (TPSA) is 6.48 Å². The van der Waals surface area contributed by atoms with Gasteiger partial charge in [0.15, 0.2) is 0 Å². The van der Waals surface area contributed by atoms with E-state index in [0.29, 0.717) is 0 Å². The molecule has 0 amide bonds. The van der Waals surface area contributed by atoms with Gasteiger partial charge in [-0.25, -0.2) is 0 Å². The Hall–Kier alpha value is -1.78. The maximum atomic E-state index is 3.87. The van der Waals surface area contributed by atoms with Crippen LogP contribution in [0.2, 0.25) is 0 Å².